The van der Waals surface area contributed by atoms with E-state index < -0.39 is 5.97 Å². The summed E-state index contributed by atoms with van der Waals surface area (Å²) in [7, 11) is 0. The summed E-state index contributed by atoms with van der Waals surface area (Å²) in [6, 6.07) is 6.60. The van der Waals surface area contributed by atoms with Crippen molar-refractivity contribution in [2.24, 2.45) is 16.8 Å². The third-order valence-corrected chi connectivity index (χ3v) is 8.30. The predicted molar refractivity (Wildman–Crippen MR) is 142 cm³/mol. The number of benzene rings is 1. The number of nitrogens with one attached hydrogen (secondary N) is 1. The number of aliphatic imine (C=N–C) groups is 1. The lowest BCUT2D eigenvalue weighted by Gasteiger charge is -2.35. The highest BCUT2D eigenvalue weighted by Gasteiger charge is 2.45. The third-order valence-electron chi connectivity index (χ3n) is 7.52. The number of carbonyl (C=O) groups is 3. The topological polar surface area (TPSA) is 124 Å². The summed E-state index contributed by atoms with van der Waals surface area (Å²) in [6.07, 6.45) is 2.48. The Morgan fingerprint density at radius 1 is 1.26 bits per heavy atom. The van der Waals surface area contributed by atoms with Crippen LogP contribution < -0.4 is 5.32 Å². The van der Waals surface area contributed by atoms with Crippen LogP contribution in [0.25, 0.3) is 0 Å². The van der Waals surface area contributed by atoms with E-state index in [0.29, 0.717) is 31.1 Å². The van der Waals surface area contributed by atoms with Gasteiger partial charge in [-0.25, -0.2) is 14.6 Å². The number of amidine groups is 1. The number of rotatable bonds is 8. The van der Waals surface area contributed by atoms with Crippen LogP contribution in [-0.4, -0.2) is 82.9 Å². The molecule has 3 aliphatic rings. The van der Waals surface area contributed by atoms with Crippen molar-refractivity contribution in [2.75, 3.05) is 39.3 Å². The molecule has 0 saturated carbocycles. The molecular weight excluding hydrogens is 506 g/mol. The van der Waals surface area contributed by atoms with Crippen molar-refractivity contribution in [3.8, 4) is 0 Å². The van der Waals surface area contributed by atoms with Crippen molar-refractivity contribution in [3.05, 3.63) is 63.2 Å². The van der Waals surface area contributed by atoms with Crippen LogP contribution in [0.5, 0.6) is 0 Å². The maximum absolute atomic E-state index is 13.3. The largest absolute Gasteiger partial charge is 0.478 e. The van der Waals surface area contributed by atoms with Crippen LogP contribution in [0.4, 0.5) is 0 Å². The molecule has 5 rings (SSSR count). The van der Waals surface area contributed by atoms with Gasteiger partial charge in [-0.15, -0.1) is 11.3 Å². The van der Waals surface area contributed by atoms with Gasteiger partial charge in [0, 0.05) is 48.7 Å². The van der Waals surface area contributed by atoms with Crippen molar-refractivity contribution < 1.29 is 24.2 Å². The molecule has 4 heterocycles. The van der Waals surface area contributed by atoms with Crippen molar-refractivity contribution in [1.82, 2.24) is 20.1 Å². The van der Waals surface area contributed by atoms with Crippen LogP contribution in [0.3, 0.4) is 0 Å². The second kappa shape index (κ2) is 11.0. The quantitative estimate of drug-likeness (QED) is 0.493. The van der Waals surface area contributed by atoms with Gasteiger partial charge in [0.05, 0.1) is 30.3 Å². The first-order valence-electron chi connectivity index (χ1n) is 12.8. The van der Waals surface area contributed by atoms with Gasteiger partial charge in [-0.2, -0.15) is 0 Å². The van der Waals surface area contributed by atoms with Crippen LogP contribution in [-0.2, 0) is 14.3 Å². The summed E-state index contributed by atoms with van der Waals surface area (Å²) in [5.74, 6) is -0.368. The zero-order valence-electron chi connectivity index (χ0n) is 21.4. The molecule has 10 nitrogen and oxygen atoms in total. The molecule has 3 unspecified atom stereocenters. The number of aromatic carboxylic acids is 1. The number of hydrogen-bond donors (Lipinski definition) is 2. The molecule has 200 valence electrons. The minimum Gasteiger partial charge on any atom is -0.478 e. The van der Waals surface area contributed by atoms with E-state index in [2.05, 4.69) is 20.2 Å². The standard InChI is InChI=1S/C27H31N5O5S/c1-3-37-27(36)21-12-29-23(24-28-9-11-38-24)30-22(21)15-31-10-8-20-19(13-31)14-32(25(20)33)16(2)17-4-6-18(7-5-17)26(34)35/h4-7,9,11,16,19-20H,3,8,10,12-15H2,1-2H3,(H,29,30)(H,34,35). The maximum Gasteiger partial charge on any atom is 0.337 e. The molecule has 0 aliphatic carbocycles. The number of carboxylic acid groups (broad SMARTS) is 1. The number of thiazole rings is 1. The smallest absolute Gasteiger partial charge is 0.337 e. The average molecular weight is 538 g/mol. The Morgan fingerprint density at radius 3 is 2.74 bits per heavy atom. The van der Waals surface area contributed by atoms with E-state index in [4.69, 9.17) is 4.74 Å². The minimum atomic E-state index is -0.966. The van der Waals surface area contributed by atoms with Crippen molar-refractivity contribution in [1.29, 1.82) is 0 Å². The zero-order chi connectivity index (χ0) is 26.8. The second-order valence-corrected chi connectivity index (χ2v) is 10.7. The highest BCUT2D eigenvalue weighted by atomic mass is 32.1. The average Bonchev–Trinajstić information content (AvgIpc) is 3.57. The van der Waals surface area contributed by atoms with Gasteiger partial charge in [0.25, 0.3) is 0 Å². The highest BCUT2D eigenvalue weighted by molar-refractivity contribution is 7.11. The fourth-order valence-corrected chi connectivity index (χ4v) is 6.09. The van der Waals surface area contributed by atoms with Crippen LogP contribution in [0, 0.1) is 11.8 Å². The summed E-state index contributed by atoms with van der Waals surface area (Å²) in [5, 5.41) is 15.2. The van der Waals surface area contributed by atoms with Crippen LogP contribution in [0.2, 0.25) is 0 Å². The van der Waals surface area contributed by atoms with Crippen LogP contribution in [0.15, 0.2) is 52.1 Å². The number of aromatic nitrogens is 1. The Kier molecular flexibility index (Phi) is 7.57. The van der Waals surface area contributed by atoms with E-state index in [0.717, 1.165) is 35.8 Å². The number of piperidine rings is 1. The molecule has 38 heavy (non-hydrogen) atoms. The van der Waals surface area contributed by atoms with Crippen molar-refractivity contribution in [3.63, 3.8) is 0 Å². The predicted octanol–water partition coefficient (Wildman–Crippen LogP) is 2.55. The number of amides is 1. The molecule has 2 saturated heterocycles. The van der Waals surface area contributed by atoms with Crippen LogP contribution >= 0.6 is 11.3 Å². The molecule has 3 atom stereocenters. The normalized spacial score (nSPS) is 22.5. The lowest BCUT2D eigenvalue weighted by Crippen LogP contribution is -2.45. The van der Waals surface area contributed by atoms with Gasteiger partial charge < -0.3 is 20.1 Å². The summed E-state index contributed by atoms with van der Waals surface area (Å²) < 4.78 is 5.29. The third kappa shape index (κ3) is 5.21. The van der Waals surface area contributed by atoms with Gasteiger partial charge >= 0.3 is 11.9 Å². The van der Waals surface area contributed by atoms with Gasteiger partial charge in [0.2, 0.25) is 5.91 Å². The number of likely N-dealkylation sites (tertiary alicyclic amines) is 2. The second-order valence-electron chi connectivity index (χ2n) is 9.79. The summed E-state index contributed by atoms with van der Waals surface area (Å²) >= 11 is 1.48. The molecule has 2 N–H and O–H groups in total. The molecular formula is C27H31N5O5S. The Morgan fingerprint density at radius 2 is 2.05 bits per heavy atom. The van der Waals surface area contributed by atoms with Crippen LogP contribution in [0.1, 0.15) is 47.2 Å². The number of ether oxygens (including phenoxy) is 1. The first-order valence-corrected chi connectivity index (χ1v) is 13.7. The minimum absolute atomic E-state index is 0.0303. The highest BCUT2D eigenvalue weighted by Crippen LogP contribution is 2.37. The maximum atomic E-state index is 13.3. The monoisotopic (exact) mass is 537 g/mol. The molecule has 1 amide bonds. The van der Waals surface area contributed by atoms with Gasteiger partial charge in [0.15, 0.2) is 10.8 Å². The zero-order valence-corrected chi connectivity index (χ0v) is 22.2. The molecule has 2 fully saturated rings. The summed E-state index contributed by atoms with van der Waals surface area (Å²) in [4.78, 5) is 50.3. The van der Waals surface area contributed by atoms with E-state index in [1.807, 2.05) is 17.2 Å². The van der Waals surface area contributed by atoms with Crippen molar-refractivity contribution in [2.45, 2.75) is 26.3 Å². The van der Waals surface area contributed by atoms with E-state index >= 15 is 0 Å². The van der Waals surface area contributed by atoms with Gasteiger partial charge in [-0.1, -0.05) is 12.1 Å². The number of esters is 1. The van der Waals surface area contributed by atoms with Crippen molar-refractivity contribution >= 4 is 35.0 Å². The van der Waals surface area contributed by atoms with E-state index in [1.165, 1.54) is 11.3 Å². The Balaban J connectivity index is 1.28. The molecule has 1 aromatic carbocycles. The molecule has 3 aliphatic heterocycles. The lowest BCUT2D eigenvalue weighted by atomic mass is 9.88. The fourth-order valence-electron chi connectivity index (χ4n) is 5.49. The molecule has 0 radical (unpaired) electrons. The molecule has 2 aromatic rings. The SMILES string of the molecule is CCOC(=O)C1=C(CN2CCC3C(=O)N(C(C)c4ccc(C(=O)O)cc4)CC3C2)NC(c2nccs2)=NC1. The molecule has 0 bridgehead atoms. The van der Waals surface area contributed by atoms with Gasteiger partial charge in [-0.05, 0) is 44.5 Å². The first-order chi connectivity index (χ1) is 18.4. The molecule has 1 aromatic heterocycles. The Bertz CT molecular complexity index is 1270. The number of nitrogens with zero attached hydrogens (tertiary/aromatic N) is 4. The first kappa shape index (κ1) is 26.1. The molecule has 11 heteroatoms. The number of hydrogen-bond acceptors (Lipinski definition) is 9. The fraction of sp³-hybridized carbons (Fsp3) is 0.444. The molecule has 0 spiro atoms. The summed E-state index contributed by atoms with van der Waals surface area (Å²) in [6.45, 7) is 6.96. The number of fused-ring (bicyclic) bond motifs is 1. The van der Waals surface area contributed by atoms with Gasteiger partial charge in [-0.3, -0.25) is 14.7 Å². The Labute approximate surface area is 225 Å². The summed E-state index contributed by atoms with van der Waals surface area (Å²) in [5.41, 5.74) is 2.45. The van der Waals surface area contributed by atoms with Gasteiger partial charge in [0.1, 0.15) is 0 Å². The van der Waals surface area contributed by atoms with E-state index in [1.54, 1.807) is 37.4 Å². The number of carboxylic acids is 1. The van der Waals surface area contributed by atoms with E-state index in [-0.39, 0.29) is 41.9 Å². The number of carbonyl (C=O) groups excluding carboxylic acids is 2. The Hall–Kier alpha value is -3.57. The lowest BCUT2D eigenvalue weighted by molar-refractivity contribution is -0.138. The van der Waals surface area contributed by atoms with E-state index in [9.17, 15) is 19.5 Å².